The number of halogens is 1. The largest absolute Gasteiger partial charge is 0.306 e. The van der Waals surface area contributed by atoms with E-state index in [1.807, 2.05) is 0 Å². The van der Waals surface area contributed by atoms with Crippen LogP contribution in [0.3, 0.4) is 0 Å². The van der Waals surface area contributed by atoms with Gasteiger partial charge in [-0.1, -0.05) is 0 Å². The second kappa shape index (κ2) is 3.00. The zero-order valence-electron chi connectivity index (χ0n) is 6.10. The van der Waals surface area contributed by atoms with E-state index < -0.39 is 4.92 Å². The van der Waals surface area contributed by atoms with Gasteiger partial charge in [-0.05, 0) is 27.5 Å². The Hall–Kier alpha value is -1.08. The van der Waals surface area contributed by atoms with E-state index in [2.05, 4.69) is 25.3 Å². The molecule has 0 aliphatic heterocycles. The van der Waals surface area contributed by atoms with Gasteiger partial charge in [-0.15, -0.1) is 0 Å². The third-order valence-corrected chi connectivity index (χ3v) is 2.98. The molecule has 0 amide bonds. The number of hydrogen-bond acceptors (Lipinski definition) is 5. The van der Waals surface area contributed by atoms with E-state index in [1.54, 1.807) is 6.20 Å². The summed E-state index contributed by atoms with van der Waals surface area (Å²) in [5, 5.41) is 11.2. The van der Waals surface area contributed by atoms with Gasteiger partial charge in [-0.25, -0.2) is 4.98 Å². The van der Waals surface area contributed by atoms with E-state index in [1.165, 1.54) is 6.20 Å². The SMILES string of the molecule is O=[N+]([O-])c1cnc(Br)c2cnsc12. The summed E-state index contributed by atoms with van der Waals surface area (Å²) in [6.07, 6.45) is 2.79. The fourth-order valence-corrected chi connectivity index (χ4v) is 2.21. The third kappa shape index (κ3) is 1.29. The summed E-state index contributed by atoms with van der Waals surface area (Å²) < 4.78 is 5.01. The van der Waals surface area contributed by atoms with Crippen LogP contribution in [-0.4, -0.2) is 14.3 Å². The van der Waals surface area contributed by atoms with Crippen molar-refractivity contribution in [2.24, 2.45) is 0 Å². The fourth-order valence-electron chi connectivity index (χ4n) is 0.947. The molecule has 0 saturated carbocycles. The standard InChI is InChI=1S/C6H2BrN3O2S/c7-6-3-1-9-13-5(3)4(2-8-6)10(11)12/h1-2H. The first-order valence-electron chi connectivity index (χ1n) is 3.23. The first kappa shape index (κ1) is 8.52. The van der Waals surface area contributed by atoms with Crippen LogP contribution in [0.2, 0.25) is 0 Å². The number of nitrogens with zero attached hydrogens (tertiary/aromatic N) is 3. The van der Waals surface area contributed by atoms with Gasteiger partial charge in [0.05, 0.1) is 16.5 Å². The van der Waals surface area contributed by atoms with Crippen LogP contribution in [0.4, 0.5) is 5.69 Å². The molecule has 13 heavy (non-hydrogen) atoms. The van der Waals surface area contributed by atoms with Crippen LogP contribution in [0.15, 0.2) is 17.0 Å². The molecular weight excluding hydrogens is 258 g/mol. The van der Waals surface area contributed by atoms with Gasteiger partial charge in [-0.2, -0.15) is 4.37 Å². The highest BCUT2D eigenvalue weighted by Gasteiger charge is 2.16. The molecule has 0 N–H and O–H groups in total. The Morgan fingerprint density at radius 3 is 3.00 bits per heavy atom. The smallest absolute Gasteiger partial charge is 0.258 e. The summed E-state index contributed by atoms with van der Waals surface area (Å²) in [5.74, 6) is 0. The maximum atomic E-state index is 10.6. The normalized spacial score (nSPS) is 10.5. The highest BCUT2D eigenvalue weighted by atomic mass is 79.9. The lowest BCUT2D eigenvalue weighted by Gasteiger charge is -1.93. The van der Waals surface area contributed by atoms with Gasteiger partial charge in [0.15, 0.2) is 0 Å². The highest BCUT2D eigenvalue weighted by Crippen LogP contribution is 2.31. The Bertz CT molecular complexity index is 484. The van der Waals surface area contributed by atoms with E-state index in [4.69, 9.17) is 0 Å². The van der Waals surface area contributed by atoms with Crippen molar-refractivity contribution in [2.45, 2.75) is 0 Å². The van der Waals surface area contributed by atoms with Crippen molar-refractivity contribution in [3.8, 4) is 0 Å². The number of fused-ring (bicyclic) bond motifs is 1. The van der Waals surface area contributed by atoms with Gasteiger partial charge < -0.3 is 0 Å². The van der Waals surface area contributed by atoms with Gasteiger partial charge in [-0.3, -0.25) is 10.1 Å². The molecule has 7 heteroatoms. The molecule has 2 aromatic rings. The minimum Gasteiger partial charge on any atom is -0.258 e. The van der Waals surface area contributed by atoms with Gasteiger partial charge in [0, 0.05) is 0 Å². The van der Waals surface area contributed by atoms with Crippen LogP contribution in [-0.2, 0) is 0 Å². The predicted molar refractivity (Wildman–Crippen MR) is 51.8 cm³/mol. The second-order valence-electron chi connectivity index (χ2n) is 2.26. The Balaban J connectivity index is 2.86. The van der Waals surface area contributed by atoms with E-state index in [9.17, 15) is 10.1 Å². The maximum absolute atomic E-state index is 10.6. The number of pyridine rings is 1. The molecule has 0 unspecified atom stereocenters. The molecule has 0 atom stereocenters. The first-order chi connectivity index (χ1) is 6.20. The summed E-state index contributed by atoms with van der Waals surface area (Å²) in [5.41, 5.74) is 0.000648. The number of rotatable bonds is 1. The van der Waals surface area contributed by atoms with Crippen molar-refractivity contribution in [3.05, 3.63) is 27.1 Å². The lowest BCUT2D eigenvalue weighted by atomic mass is 10.3. The molecule has 66 valence electrons. The molecule has 5 nitrogen and oxygen atoms in total. The van der Waals surface area contributed by atoms with E-state index >= 15 is 0 Å². The second-order valence-corrected chi connectivity index (χ2v) is 3.81. The molecule has 0 aliphatic rings. The summed E-state index contributed by atoms with van der Waals surface area (Å²) in [4.78, 5) is 13.9. The number of hydrogen-bond donors (Lipinski definition) is 0. The summed E-state index contributed by atoms with van der Waals surface area (Å²) in [6, 6.07) is 0. The average molecular weight is 260 g/mol. The topological polar surface area (TPSA) is 68.9 Å². The van der Waals surface area contributed by atoms with Crippen molar-refractivity contribution in [3.63, 3.8) is 0 Å². The predicted octanol–water partition coefficient (Wildman–Crippen LogP) is 2.36. The molecular formula is C6H2BrN3O2S. The zero-order chi connectivity index (χ0) is 9.42. The lowest BCUT2D eigenvalue weighted by Crippen LogP contribution is -1.89. The van der Waals surface area contributed by atoms with Crippen LogP contribution < -0.4 is 0 Å². The maximum Gasteiger partial charge on any atom is 0.306 e. The van der Waals surface area contributed by atoms with Crippen molar-refractivity contribution in [1.82, 2.24) is 9.36 Å². The Labute approximate surface area is 84.9 Å². The van der Waals surface area contributed by atoms with E-state index in [0.717, 1.165) is 11.5 Å². The summed E-state index contributed by atoms with van der Waals surface area (Å²) in [7, 11) is 0. The Kier molecular flexibility index (Phi) is 1.97. The minimum absolute atomic E-state index is 0.000648. The van der Waals surface area contributed by atoms with Crippen LogP contribution in [0.5, 0.6) is 0 Å². The fraction of sp³-hybridized carbons (Fsp3) is 0. The quantitative estimate of drug-likeness (QED) is 0.448. The molecule has 0 aliphatic carbocycles. The molecule has 0 spiro atoms. The molecule has 0 radical (unpaired) electrons. The monoisotopic (exact) mass is 259 g/mol. The molecule has 0 saturated heterocycles. The molecule has 0 bridgehead atoms. The van der Waals surface area contributed by atoms with Crippen LogP contribution in [0.25, 0.3) is 10.1 Å². The lowest BCUT2D eigenvalue weighted by molar-refractivity contribution is -0.383. The van der Waals surface area contributed by atoms with E-state index in [0.29, 0.717) is 14.7 Å². The molecule has 2 aromatic heterocycles. The van der Waals surface area contributed by atoms with Gasteiger partial charge >= 0.3 is 5.69 Å². The van der Waals surface area contributed by atoms with Crippen molar-refractivity contribution >= 4 is 43.2 Å². The molecule has 2 rings (SSSR count). The van der Waals surface area contributed by atoms with Crippen molar-refractivity contribution < 1.29 is 4.92 Å². The molecule has 0 fully saturated rings. The first-order valence-corrected chi connectivity index (χ1v) is 4.80. The average Bonchev–Trinajstić information content (AvgIpc) is 2.53. The van der Waals surface area contributed by atoms with Gasteiger partial charge in [0.2, 0.25) is 0 Å². The Morgan fingerprint density at radius 1 is 1.54 bits per heavy atom. The summed E-state index contributed by atoms with van der Waals surface area (Å²) >= 11 is 4.29. The zero-order valence-corrected chi connectivity index (χ0v) is 8.50. The van der Waals surface area contributed by atoms with Crippen LogP contribution >= 0.6 is 27.5 Å². The highest BCUT2D eigenvalue weighted by molar-refractivity contribution is 9.10. The number of nitro groups is 1. The van der Waals surface area contributed by atoms with Gasteiger partial charge in [0.25, 0.3) is 0 Å². The van der Waals surface area contributed by atoms with Crippen molar-refractivity contribution in [1.29, 1.82) is 0 Å². The van der Waals surface area contributed by atoms with Crippen molar-refractivity contribution in [2.75, 3.05) is 0 Å². The van der Waals surface area contributed by atoms with E-state index in [-0.39, 0.29) is 5.69 Å². The Morgan fingerprint density at radius 2 is 2.31 bits per heavy atom. The molecule has 2 heterocycles. The van der Waals surface area contributed by atoms with Crippen LogP contribution in [0.1, 0.15) is 0 Å². The van der Waals surface area contributed by atoms with Crippen LogP contribution in [0, 0.1) is 10.1 Å². The summed E-state index contributed by atoms with van der Waals surface area (Å²) in [6.45, 7) is 0. The molecule has 0 aromatic carbocycles. The number of aromatic nitrogens is 2. The third-order valence-electron chi connectivity index (χ3n) is 1.52. The minimum atomic E-state index is -0.458. The van der Waals surface area contributed by atoms with Gasteiger partial charge in [0.1, 0.15) is 15.5 Å².